The minimum absolute atomic E-state index is 0.255. The number of carbonyl (C=O) groups is 1. The van der Waals surface area contributed by atoms with E-state index in [2.05, 4.69) is 9.98 Å². The van der Waals surface area contributed by atoms with Gasteiger partial charge < -0.3 is 5.73 Å². The molecule has 1 atom stereocenters. The Morgan fingerprint density at radius 1 is 1.38 bits per heavy atom. The number of primary amides is 1. The number of carbonyl (C=O) groups excluding carboxylic acids is 1. The van der Waals surface area contributed by atoms with Crippen LogP contribution < -0.4 is 5.73 Å². The molecule has 2 N–H and O–H groups in total. The number of amides is 1. The summed E-state index contributed by atoms with van der Waals surface area (Å²) in [7, 11) is 0. The molecule has 0 radical (unpaired) electrons. The molecule has 1 aliphatic rings. The van der Waals surface area contributed by atoms with Crippen LogP contribution in [-0.4, -0.2) is 17.1 Å². The van der Waals surface area contributed by atoms with Gasteiger partial charge in [-0.3, -0.25) is 14.8 Å². The number of hydrogen-bond donors (Lipinski definition) is 1. The lowest BCUT2D eigenvalue weighted by Gasteiger charge is -2.13. The van der Waals surface area contributed by atoms with Crippen LogP contribution in [0.25, 0.3) is 10.9 Å². The summed E-state index contributed by atoms with van der Waals surface area (Å²) in [6.45, 7) is 0. The molecule has 106 valence electrons. The molecular formula is C16H14ClN3O. The third kappa shape index (κ3) is 3.11. The van der Waals surface area contributed by atoms with Gasteiger partial charge in [-0.1, -0.05) is 17.7 Å². The van der Waals surface area contributed by atoms with Gasteiger partial charge in [-0.25, -0.2) is 0 Å². The molecule has 0 fully saturated rings. The Hall–Kier alpha value is -2.20. The monoisotopic (exact) mass is 299 g/mol. The SMILES string of the molecule is NC(=O)C1C=C(Cc2ccc3ncc(Cl)cc3c2)N=CC1. The molecule has 1 aromatic carbocycles. The molecule has 0 aliphatic carbocycles. The summed E-state index contributed by atoms with van der Waals surface area (Å²) in [4.78, 5) is 19.9. The number of nitrogens with zero attached hydrogens (tertiary/aromatic N) is 2. The maximum absolute atomic E-state index is 11.3. The predicted molar refractivity (Wildman–Crippen MR) is 84.3 cm³/mol. The maximum atomic E-state index is 11.3. The van der Waals surface area contributed by atoms with Crippen LogP contribution >= 0.6 is 11.6 Å². The quantitative estimate of drug-likeness (QED) is 0.947. The summed E-state index contributed by atoms with van der Waals surface area (Å²) in [5.74, 6) is -0.567. The number of rotatable bonds is 3. The zero-order chi connectivity index (χ0) is 14.8. The second-order valence-electron chi connectivity index (χ2n) is 5.07. The number of pyridine rings is 1. The molecule has 4 nitrogen and oxygen atoms in total. The minimum Gasteiger partial charge on any atom is -0.369 e. The van der Waals surface area contributed by atoms with Gasteiger partial charge in [0.1, 0.15) is 0 Å². The van der Waals surface area contributed by atoms with Crippen LogP contribution in [0.1, 0.15) is 12.0 Å². The second-order valence-corrected chi connectivity index (χ2v) is 5.51. The van der Waals surface area contributed by atoms with Crippen molar-refractivity contribution < 1.29 is 4.79 Å². The van der Waals surface area contributed by atoms with Crippen molar-refractivity contribution in [3.05, 3.63) is 52.8 Å². The minimum atomic E-state index is -0.312. The number of allylic oxidation sites excluding steroid dienone is 1. The Labute approximate surface area is 127 Å². The lowest BCUT2D eigenvalue weighted by molar-refractivity contribution is -0.120. The third-order valence-corrected chi connectivity index (χ3v) is 3.68. The molecule has 1 aromatic heterocycles. The van der Waals surface area contributed by atoms with Crippen LogP contribution in [0.4, 0.5) is 0 Å². The first-order valence-corrected chi connectivity index (χ1v) is 7.06. The van der Waals surface area contributed by atoms with E-state index in [1.165, 1.54) is 0 Å². The molecule has 0 saturated heterocycles. The standard InChI is InChI=1S/C16H14ClN3O/c17-13-7-12-5-10(1-2-15(12)20-9-13)6-14-8-11(16(18)21)3-4-19-14/h1-2,4-5,7-9,11H,3,6H2,(H2,18,21). The second kappa shape index (κ2) is 5.66. The van der Waals surface area contributed by atoms with E-state index in [0.717, 1.165) is 22.2 Å². The molecule has 1 aliphatic heterocycles. The van der Waals surface area contributed by atoms with Crippen LogP contribution in [0, 0.1) is 5.92 Å². The first-order valence-electron chi connectivity index (χ1n) is 6.68. The highest BCUT2D eigenvalue weighted by Crippen LogP contribution is 2.22. The first-order chi connectivity index (χ1) is 10.1. The van der Waals surface area contributed by atoms with E-state index < -0.39 is 0 Å². The highest BCUT2D eigenvalue weighted by Gasteiger charge is 2.15. The number of aromatic nitrogens is 1. The van der Waals surface area contributed by atoms with Gasteiger partial charge in [-0.2, -0.15) is 0 Å². The third-order valence-electron chi connectivity index (χ3n) is 3.47. The van der Waals surface area contributed by atoms with Crippen molar-refractivity contribution in [1.29, 1.82) is 0 Å². The summed E-state index contributed by atoms with van der Waals surface area (Å²) >= 11 is 5.97. The lowest BCUT2D eigenvalue weighted by Crippen LogP contribution is -2.23. The average Bonchev–Trinajstić information content (AvgIpc) is 2.47. The molecule has 0 bridgehead atoms. The lowest BCUT2D eigenvalue weighted by atomic mass is 9.98. The Balaban J connectivity index is 1.87. The van der Waals surface area contributed by atoms with Gasteiger partial charge >= 0.3 is 0 Å². The molecule has 1 unspecified atom stereocenters. The van der Waals surface area contributed by atoms with Crippen LogP contribution in [-0.2, 0) is 11.2 Å². The number of fused-ring (bicyclic) bond motifs is 1. The van der Waals surface area contributed by atoms with Gasteiger partial charge in [0.2, 0.25) is 5.91 Å². The fourth-order valence-electron chi connectivity index (χ4n) is 2.40. The molecule has 0 saturated carbocycles. The summed E-state index contributed by atoms with van der Waals surface area (Å²) in [5.41, 5.74) is 8.21. The van der Waals surface area contributed by atoms with E-state index in [4.69, 9.17) is 17.3 Å². The van der Waals surface area contributed by atoms with Crippen LogP contribution in [0.15, 0.2) is 47.2 Å². The summed E-state index contributed by atoms with van der Waals surface area (Å²) in [5, 5.41) is 1.61. The number of halogens is 1. The first kappa shape index (κ1) is 13.8. The number of aliphatic imine (C=N–C) groups is 1. The van der Waals surface area contributed by atoms with Crippen molar-refractivity contribution in [3.63, 3.8) is 0 Å². The van der Waals surface area contributed by atoms with Crippen molar-refractivity contribution in [2.24, 2.45) is 16.6 Å². The van der Waals surface area contributed by atoms with E-state index in [9.17, 15) is 4.79 Å². The van der Waals surface area contributed by atoms with Crippen molar-refractivity contribution >= 4 is 34.6 Å². The van der Waals surface area contributed by atoms with Crippen LogP contribution in [0.5, 0.6) is 0 Å². The molecule has 2 aromatic rings. The smallest absolute Gasteiger partial charge is 0.224 e. The average molecular weight is 300 g/mol. The Kier molecular flexibility index (Phi) is 3.71. The van der Waals surface area contributed by atoms with Crippen molar-refractivity contribution in [2.75, 3.05) is 0 Å². The van der Waals surface area contributed by atoms with Gasteiger partial charge in [0.25, 0.3) is 0 Å². The van der Waals surface area contributed by atoms with Crippen LogP contribution in [0.2, 0.25) is 5.02 Å². The topological polar surface area (TPSA) is 68.3 Å². The number of hydrogen-bond acceptors (Lipinski definition) is 3. The van der Waals surface area contributed by atoms with E-state index in [-0.39, 0.29) is 11.8 Å². The van der Waals surface area contributed by atoms with Crippen molar-refractivity contribution in [3.8, 4) is 0 Å². The molecule has 2 heterocycles. The van der Waals surface area contributed by atoms with Crippen LogP contribution in [0.3, 0.4) is 0 Å². The maximum Gasteiger partial charge on any atom is 0.224 e. The van der Waals surface area contributed by atoms with Gasteiger partial charge in [-0.05, 0) is 36.3 Å². The van der Waals surface area contributed by atoms with Gasteiger partial charge in [0.15, 0.2) is 0 Å². The Bertz CT molecular complexity index is 767. The Morgan fingerprint density at radius 3 is 3.05 bits per heavy atom. The number of nitrogens with two attached hydrogens (primary N) is 1. The van der Waals surface area contributed by atoms with Crippen molar-refractivity contribution in [1.82, 2.24) is 4.98 Å². The summed E-state index contributed by atoms with van der Waals surface area (Å²) in [6, 6.07) is 7.89. The predicted octanol–water partition coefficient (Wildman–Crippen LogP) is 2.89. The number of benzene rings is 1. The fourth-order valence-corrected chi connectivity index (χ4v) is 2.57. The van der Waals surface area contributed by atoms with E-state index >= 15 is 0 Å². The summed E-state index contributed by atoms with van der Waals surface area (Å²) in [6.07, 6.45) is 6.47. The normalized spacial score (nSPS) is 17.8. The highest BCUT2D eigenvalue weighted by atomic mass is 35.5. The molecule has 21 heavy (non-hydrogen) atoms. The summed E-state index contributed by atoms with van der Waals surface area (Å²) < 4.78 is 0. The van der Waals surface area contributed by atoms with E-state index in [0.29, 0.717) is 17.9 Å². The van der Waals surface area contributed by atoms with E-state index in [1.54, 1.807) is 12.4 Å². The molecular weight excluding hydrogens is 286 g/mol. The molecule has 1 amide bonds. The zero-order valence-corrected chi connectivity index (χ0v) is 12.0. The Morgan fingerprint density at radius 2 is 2.24 bits per heavy atom. The van der Waals surface area contributed by atoms with Gasteiger partial charge in [0, 0.05) is 29.9 Å². The zero-order valence-electron chi connectivity index (χ0n) is 11.3. The molecule has 0 spiro atoms. The van der Waals surface area contributed by atoms with E-state index in [1.807, 2.05) is 30.3 Å². The van der Waals surface area contributed by atoms with Crippen molar-refractivity contribution in [2.45, 2.75) is 12.8 Å². The van der Waals surface area contributed by atoms with Gasteiger partial charge in [0.05, 0.1) is 16.5 Å². The fraction of sp³-hybridized carbons (Fsp3) is 0.188. The van der Waals surface area contributed by atoms with Gasteiger partial charge in [-0.15, -0.1) is 0 Å². The molecule has 3 rings (SSSR count). The highest BCUT2D eigenvalue weighted by molar-refractivity contribution is 6.31. The largest absolute Gasteiger partial charge is 0.369 e. The molecule has 5 heteroatoms.